The van der Waals surface area contributed by atoms with Gasteiger partial charge in [0.25, 0.3) is 0 Å². The molecule has 0 radical (unpaired) electrons. The molecule has 0 aromatic heterocycles. The minimum atomic E-state index is -0.242. The molecule has 4 nitrogen and oxygen atoms in total. The number of hydrogen-bond acceptors (Lipinski definition) is 3. The fourth-order valence-corrected chi connectivity index (χ4v) is 3.25. The summed E-state index contributed by atoms with van der Waals surface area (Å²) in [5.74, 6) is -0.242. The molecule has 1 fully saturated rings. The van der Waals surface area contributed by atoms with E-state index >= 15 is 0 Å². The molecule has 116 valence electrons. The maximum atomic E-state index is 14.3. The molecule has 1 saturated heterocycles. The smallest absolute Gasteiger partial charge is 0.229 e. The van der Waals surface area contributed by atoms with Crippen LogP contribution in [0.4, 0.5) is 21.5 Å². The van der Waals surface area contributed by atoms with E-state index in [9.17, 15) is 4.39 Å². The number of quaternary nitrogens is 1. The Hall–Kier alpha value is -2.53. The van der Waals surface area contributed by atoms with Crippen LogP contribution in [0.25, 0.3) is 0 Å². The van der Waals surface area contributed by atoms with Crippen molar-refractivity contribution in [1.29, 1.82) is 0 Å². The van der Waals surface area contributed by atoms with Crippen molar-refractivity contribution in [3.05, 3.63) is 54.3 Å². The van der Waals surface area contributed by atoms with E-state index in [2.05, 4.69) is 15.0 Å². The largest absolute Gasteiger partial charge is 0.371 e. The van der Waals surface area contributed by atoms with Gasteiger partial charge < -0.3 is 4.90 Å². The second-order valence-corrected chi connectivity index (χ2v) is 5.88. The van der Waals surface area contributed by atoms with E-state index in [4.69, 9.17) is 0 Å². The lowest BCUT2D eigenvalue weighted by atomic mass is 10.2. The minimum Gasteiger partial charge on any atom is -0.371 e. The molecule has 0 saturated carbocycles. The van der Waals surface area contributed by atoms with Crippen LogP contribution in [0.2, 0.25) is 0 Å². The summed E-state index contributed by atoms with van der Waals surface area (Å²) in [5, 5.41) is 4.52. The highest BCUT2D eigenvalue weighted by Gasteiger charge is 2.36. The van der Waals surface area contributed by atoms with Gasteiger partial charge in [-0.05, 0) is 18.9 Å². The van der Waals surface area contributed by atoms with E-state index in [0.717, 1.165) is 43.0 Å². The van der Waals surface area contributed by atoms with Gasteiger partial charge in [0, 0.05) is 43.0 Å². The Morgan fingerprint density at radius 1 is 0.957 bits per heavy atom. The van der Waals surface area contributed by atoms with Gasteiger partial charge in [-0.2, -0.15) is 4.99 Å². The van der Waals surface area contributed by atoms with Gasteiger partial charge in [0.15, 0.2) is 17.7 Å². The third-order valence-electron chi connectivity index (χ3n) is 4.42. The topological polar surface area (TPSA) is 28.0 Å². The first kappa shape index (κ1) is 14.1. The second kappa shape index (κ2) is 5.59. The highest BCUT2D eigenvalue weighted by molar-refractivity contribution is 5.92. The van der Waals surface area contributed by atoms with Crippen molar-refractivity contribution in [1.82, 2.24) is 4.59 Å². The lowest BCUT2D eigenvalue weighted by Gasteiger charge is -2.25. The van der Waals surface area contributed by atoms with Gasteiger partial charge in [-0.25, -0.2) is 4.39 Å². The van der Waals surface area contributed by atoms with Crippen LogP contribution in [0.5, 0.6) is 0 Å². The van der Waals surface area contributed by atoms with Crippen LogP contribution < -0.4 is 9.49 Å². The van der Waals surface area contributed by atoms with Gasteiger partial charge in [0.1, 0.15) is 5.82 Å². The summed E-state index contributed by atoms with van der Waals surface area (Å²) in [6, 6.07) is 15.0. The van der Waals surface area contributed by atoms with Crippen molar-refractivity contribution in [3.8, 4) is 0 Å². The Bertz CT molecular complexity index is 752. The molecule has 1 unspecified atom stereocenters. The summed E-state index contributed by atoms with van der Waals surface area (Å²) in [6.45, 7) is 1.96. The molecule has 2 aliphatic rings. The first-order chi connectivity index (χ1) is 11.3. The summed E-state index contributed by atoms with van der Waals surface area (Å²) in [5.41, 5.74) is 2.61. The molecular weight excluding hydrogens is 291 g/mol. The van der Waals surface area contributed by atoms with Gasteiger partial charge >= 0.3 is 0 Å². The quantitative estimate of drug-likeness (QED) is 0.786. The number of rotatable bonds is 3. The van der Waals surface area contributed by atoms with Gasteiger partial charge in [-0.15, -0.1) is 0 Å². The summed E-state index contributed by atoms with van der Waals surface area (Å²) in [6.07, 6.45) is 5.57. The Labute approximate surface area is 134 Å². The van der Waals surface area contributed by atoms with Gasteiger partial charge in [0.05, 0.1) is 0 Å². The van der Waals surface area contributed by atoms with Crippen LogP contribution >= 0.6 is 0 Å². The van der Waals surface area contributed by atoms with Crippen molar-refractivity contribution in [2.75, 3.05) is 18.0 Å². The van der Waals surface area contributed by atoms with E-state index < -0.39 is 0 Å². The van der Waals surface area contributed by atoms with Crippen molar-refractivity contribution in [2.24, 2.45) is 10.1 Å². The molecule has 2 aromatic carbocycles. The molecular formula is C18H18FN4+. The van der Waals surface area contributed by atoms with Gasteiger partial charge in [-0.3, -0.25) is 0 Å². The summed E-state index contributed by atoms with van der Waals surface area (Å²) in [7, 11) is 0. The highest BCUT2D eigenvalue weighted by atomic mass is 19.1. The van der Waals surface area contributed by atoms with Crippen molar-refractivity contribution < 1.29 is 4.39 Å². The fraction of sp³-hybridized carbons (Fsp3) is 0.222. The maximum Gasteiger partial charge on any atom is 0.229 e. The normalized spacial score (nSPS) is 22.9. The number of hydrogen-bond donors (Lipinski definition) is 0. The van der Waals surface area contributed by atoms with Crippen LogP contribution in [-0.2, 0) is 0 Å². The predicted octanol–water partition coefficient (Wildman–Crippen LogP) is 4.05. The minimum absolute atomic E-state index is 0.0689. The SMILES string of the molecule is Fc1cc(N2CCCC2)cc([N+]2(c3ccccc3)C=NC=N2)c1. The monoisotopic (exact) mass is 309 g/mol. The van der Waals surface area contributed by atoms with Crippen LogP contribution in [-0.4, -0.2) is 25.8 Å². The molecule has 5 heteroatoms. The Balaban J connectivity index is 1.84. The number of para-hydroxylation sites is 1. The third kappa shape index (κ3) is 2.43. The van der Waals surface area contributed by atoms with E-state index in [-0.39, 0.29) is 10.4 Å². The molecule has 0 aliphatic carbocycles. The molecule has 2 aliphatic heterocycles. The molecule has 23 heavy (non-hydrogen) atoms. The lowest BCUT2D eigenvalue weighted by molar-refractivity contribution is 0.596. The molecule has 0 spiro atoms. The van der Waals surface area contributed by atoms with Crippen molar-refractivity contribution in [2.45, 2.75) is 12.8 Å². The molecule has 2 heterocycles. The average molecular weight is 309 g/mol. The number of nitrogens with zero attached hydrogens (tertiary/aromatic N) is 4. The average Bonchev–Trinajstić information content (AvgIpc) is 3.28. The zero-order valence-electron chi connectivity index (χ0n) is 12.8. The second-order valence-electron chi connectivity index (χ2n) is 5.88. The number of benzene rings is 2. The lowest BCUT2D eigenvalue weighted by Crippen LogP contribution is -2.35. The predicted molar refractivity (Wildman–Crippen MR) is 92.7 cm³/mol. The zero-order valence-corrected chi connectivity index (χ0v) is 12.8. The van der Waals surface area contributed by atoms with Gasteiger partial charge in [0.2, 0.25) is 6.34 Å². The van der Waals surface area contributed by atoms with Crippen LogP contribution in [0.1, 0.15) is 12.8 Å². The standard InChI is InChI=1S/C18H18FN4/c19-15-10-16(22-8-4-5-9-22)12-18(11-15)23(14-20-13-21-23)17-6-2-1-3-7-17/h1-3,6-7,10-14H,4-5,8-9H2/q+1. The van der Waals surface area contributed by atoms with Gasteiger partial charge in [-0.1, -0.05) is 27.9 Å². The molecule has 0 bridgehead atoms. The third-order valence-corrected chi connectivity index (χ3v) is 4.42. The molecule has 1 atom stereocenters. The zero-order chi connectivity index (χ0) is 15.7. The van der Waals surface area contributed by atoms with Crippen molar-refractivity contribution in [3.63, 3.8) is 0 Å². The molecule has 2 aromatic rings. The summed E-state index contributed by atoms with van der Waals surface area (Å²) >= 11 is 0. The first-order valence-corrected chi connectivity index (χ1v) is 7.87. The van der Waals surface area contributed by atoms with Crippen LogP contribution in [0.3, 0.4) is 0 Å². The first-order valence-electron chi connectivity index (χ1n) is 7.87. The maximum absolute atomic E-state index is 14.3. The van der Waals surface area contributed by atoms with E-state index in [1.165, 1.54) is 6.34 Å². The van der Waals surface area contributed by atoms with E-state index in [1.54, 1.807) is 18.5 Å². The van der Waals surface area contributed by atoms with E-state index in [1.807, 2.05) is 36.4 Å². The van der Waals surface area contributed by atoms with E-state index in [0.29, 0.717) is 0 Å². The molecule has 0 amide bonds. The fourth-order valence-electron chi connectivity index (χ4n) is 3.25. The molecule has 0 N–H and O–H groups in total. The Kier molecular flexibility index (Phi) is 3.42. The number of halogens is 1. The highest BCUT2D eigenvalue weighted by Crippen LogP contribution is 2.38. The Morgan fingerprint density at radius 2 is 1.74 bits per heavy atom. The van der Waals surface area contributed by atoms with Crippen molar-refractivity contribution >= 4 is 29.7 Å². The summed E-state index contributed by atoms with van der Waals surface area (Å²) < 4.78 is 14.4. The Morgan fingerprint density at radius 3 is 2.43 bits per heavy atom. The molecule has 4 rings (SSSR count). The van der Waals surface area contributed by atoms with Crippen LogP contribution in [0.15, 0.2) is 58.6 Å². The number of anilines is 1. The summed E-state index contributed by atoms with van der Waals surface area (Å²) in [4.78, 5) is 6.39. The van der Waals surface area contributed by atoms with Crippen LogP contribution in [0, 0.1) is 5.82 Å². The number of aliphatic imine (C=N–C) groups is 1.